The summed E-state index contributed by atoms with van der Waals surface area (Å²) >= 11 is 0. The summed E-state index contributed by atoms with van der Waals surface area (Å²) in [5.74, 6) is 0.850. The first kappa shape index (κ1) is 18.5. The highest BCUT2D eigenvalue weighted by atomic mass is 35.5. The normalized spacial score (nSPS) is 29.0. The van der Waals surface area contributed by atoms with Gasteiger partial charge in [0.2, 0.25) is 11.8 Å². The van der Waals surface area contributed by atoms with Crippen LogP contribution in [0.15, 0.2) is 0 Å². The van der Waals surface area contributed by atoms with Crippen LogP contribution in [0.4, 0.5) is 0 Å². The molecular formula is C17H30ClN3O2. The van der Waals surface area contributed by atoms with Crippen LogP contribution in [0.2, 0.25) is 0 Å². The minimum Gasteiger partial charge on any atom is -0.351 e. The van der Waals surface area contributed by atoms with Crippen molar-refractivity contribution in [2.24, 2.45) is 11.8 Å². The summed E-state index contributed by atoms with van der Waals surface area (Å²) < 4.78 is 0. The molecule has 2 N–H and O–H groups in total. The molecule has 0 spiro atoms. The van der Waals surface area contributed by atoms with E-state index in [1.54, 1.807) is 0 Å². The quantitative estimate of drug-likeness (QED) is 0.820. The third-order valence-electron chi connectivity index (χ3n) is 5.47. The summed E-state index contributed by atoms with van der Waals surface area (Å²) in [6.45, 7) is 3.34. The van der Waals surface area contributed by atoms with Crippen molar-refractivity contribution < 1.29 is 9.59 Å². The predicted molar refractivity (Wildman–Crippen MR) is 92.5 cm³/mol. The van der Waals surface area contributed by atoms with Gasteiger partial charge in [-0.25, -0.2) is 0 Å². The minimum atomic E-state index is 0. The number of carbonyl (C=O) groups is 2. The molecule has 2 amide bonds. The molecule has 2 heterocycles. The first-order chi connectivity index (χ1) is 10.7. The van der Waals surface area contributed by atoms with Crippen LogP contribution in [0, 0.1) is 11.8 Å². The second kappa shape index (κ2) is 8.88. The molecule has 6 heteroatoms. The number of rotatable bonds is 3. The topological polar surface area (TPSA) is 61.4 Å². The molecule has 2 saturated heterocycles. The fraction of sp³-hybridized carbons (Fsp3) is 0.882. The van der Waals surface area contributed by atoms with Gasteiger partial charge in [0, 0.05) is 31.6 Å². The van der Waals surface area contributed by atoms with Gasteiger partial charge in [-0.3, -0.25) is 9.59 Å². The highest BCUT2D eigenvalue weighted by molar-refractivity contribution is 5.85. The summed E-state index contributed by atoms with van der Waals surface area (Å²) in [6, 6.07) is 0.155. The van der Waals surface area contributed by atoms with Crippen molar-refractivity contribution in [2.75, 3.05) is 26.2 Å². The number of hydrogen-bond donors (Lipinski definition) is 2. The maximum absolute atomic E-state index is 12.5. The largest absolute Gasteiger partial charge is 0.351 e. The van der Waals surface area contributed by atoms with E-state index >= 15 is 0 Å². The Morgan fingerprint density at radius 2 is 1.70 bits per heavy atom. The Labute approximate surface area is 145 Å². The van der Waals surface area contributed by atoms with Gasteiger partial charge in [0.15, 0.2) is 0 Å². The zero-order chi connectivity index (χ0) is 15.4. The number of halogens is 1. The van der Waals surface area contributed by atoms with Crippen LogP contribution in [0.3, 0.4) is 0 Å². The van der Waals surface area contributed by atoms with E-state index in [1.807, 2.05) is 4.90 Å². The Morgan fingerprint density at radius 1 is 0.957 bits per heavy atom. The maximum atomic E-state index is 12.5. The average Bonchev–Trinajstić information content (AvgIpc) is 3.04. The van der Waals surface area contributed by atoms with E-state index in [0.29, 0.717) is 12.5 Å². The van der Waals surface area contributed by atoms with Crippen molar-refractivity contribution in [3.05, 3.63) is 0 Å². The Bertz CT molecular complexity index is 407. The molecule has 5 nitrogen and oxygen atoms in total. The second-order valence-corrected chi connectivity index (χ2v) is 7.16. The maximum Gasteiger partial charge on any atom is 0.225 e. The Balaban J connectivity index is 0.00000192. The van der Waals surface area contributed by atoms with E-state index in [-0.39, 0.29) is 36.2 Å². The van der Waals surface area contributed by atoms with Crippen LogP contribution in [0.25, 0.3) is 0 Å². The standard InChI is InChI=1S/C17H29N3O2.ClH/c21-16(14-7-4-9-18-11-14)19-15-8-10-20(12-15)17(22)13-5-2-1-3-6-13;/h13-15,18H,1-12H2,(H,19,21);1H. The molecule has 0 aromatic rings. The van der Waals surface area contributed by atoms with E-state index < -0.39 is 0 Å². The van der Waals surface area contributed by atoms with Crippen molar-refractivity contribution >= 4 is 24.2 Å². The molecule has 3 fully saturated rings. The van der Waals surface area contributed by atoms with Crippen molar-refractivity contribution in [3.8, 4) is 0 Å². The molecule has 3 rings (SSSR count). The van der Waals surface area contributed by atoms with Gasteiger partial charge >= 0.3 is 0 Å². The fourth-order valence-electron chi connectivity index (χ4n) is 4.08. The van der Waals surface area contributed by atoms with Crippen LogP contribution >= 0.6 is 12.4 Å². The molecule has 0 aromatic heterocycles. The molecule has 1 saturated carbocycles. The van der Waals surface area contributed by atoms with Gasteiger partial charge in [0.05, 0.1) is 5.92 Å². The van der Waals surface area contributed by atoms with Crippen molar-refractivity contribution in [1.29, 1.82) is 0 Å². The first-order valence-corrected chi connectivity index (χ1v) is 9.04. The SMILES string of the molecule is Cl.O=C(NC1CCN(C(=O)C2CCCCC2)C1)C1CCCNC1. The summed E-state index contributed by atoms with van der Waals surface area (Å²) in [4.78, 5) is 26.8. The van der Waals surface area contributed by atoms with E-state index in [0.717, 1.165) is 51.7 Å². The second-order valence-electron chi connectivity index (χ2n) is 7.16. The number of amides is 2. The number of carbonyl (C=O) groups excluding carboxylic acids is 2. The number of nitrogens with one attached hydrogen (secondary N) is 2. The van der Waals surface area contributed by atoms with Crippen molar-refractivity contribution in [3.63, 3.8) is 0 Å². The van der Waals surface area contributed by atoms with Crippen molar-refractivity contribution in [2.45, 2.75) is 57.4 Å². The molecule has 2 unspecified atom stereocenters. The van der Waals surface area contributed by atoms with Crippen molar-refractivity contribution in [1.82, 2.24) is 15.5 Å². The van der Waals surface area contributed by atoms with Crippen LogP contribution in [-0.2, 0) is 9.59 Å². The highest BCUT2D eigenvalue weighted by Crippen LogP contribution is 2.26. The Morgan fingerprint density at radius 3 is 2.39 bits per heavy atom. The first-order valence-electron chi connectivity index (χ1n) is 9.04. The minimum absolute atomic E-state index is 0. The number of hydrogen-bond acceptors (Lipinski definition) is 3. The Kier molecular flexibility index (Phi) is 7.15. The summed E-state index contributed by atoms with van der Waals surface area (Å²) in [6.07, 6.45) is 8.74. The molecule has 1 aliphatic carbocycles. The molecule has 0 aromatic carbocycles. The van der Waals surface area contributed by atoms with Crippen LogP contribution < -0.4 is 10.6 Å². The fourth-order valence-corrected chi connectivity index (χ4v) is 4.08. The van der Waals surface area contributed by atoms with E-state index in [4.69, 9.17) is 0 Å². The summed E-state index contributed by atoms with van der Waals surface area (Å²) in [5.41, 5.74) is 0. The highest BCUT2D eigenvalue weighted by Gasteiger charge is 2.33. The van der Waals surface area contributed by atoms with Gasteiger partial charge in [-0.1, -0.05) is 19.3 Å². The Hall–Kier alpha value is -0.810. The van der Waals surface area contributed by atoms with E-state index in [2.05, 4.69) is 10.6 Å². The number of piperidine rings is 1. The zero-order valence-corrected chi connectivity index (χ0v) is 14.7. The van der Waals surface area contributed by atoms with E-state index in [9.17, 15) is 9.59 Å². The number of nitrogens with zero attached hydrogens (tertiary/aromatic N) is 1. The lowest BCUT2D eigenvalue weighted by Gasteiger charge is -2.27. The lowest BCUT2D eigenvalue weighted by Crippen LogP contribution is -2.46. The third-order valence-corrected chi connectivity index (χ3v) is 5.47. The van der Waals surface area contributed by atoms with Crippen LogP contribution in [0.5, 0.6) is 0 Å². The smallest absolute Gasteiger partial charge is 0.225 e. The molecule has 0 bridgehead atoms. The monoisotopic (exact) mass is 343 g/mol. The lowest BCUT2D eigenvalue weighted by atomic mass is 9.88. The molecule has 132 valence electrons. The molecule has 2 aliphatic heterocycles. The van der Waals surface area contributed by atoms with Gasteiger partial charge in [0.1, 0.15) is 0 Å². The van der Waals surface area contributed by atoms with E-state index in [1.165, 1.54) is 19.3 Å². The van der Waals surface area contributed by atoms with Gasteiger partial charge < -0.3 is 15.5 Å². The zero-order valence-electron chi connectivity index (χ0n) is 13.9. The third kappa shape index (κ3) is 4.83. The summed E-state index contributed by atoms with van der Waals surface area (Å²) in [7, 11) is 0. The molecule has 3 aliphatic rings. The molecule has 2 atom stereocenters. The molecule has 0 radical (unpaired) electrons. The summed E-state index contributed by atoms with van der Waals surface area (Å²) in [5, 5.41) is 6.45. The molecule has 23 heavy (non-hydrogen) atoms. The predicted octanol–water partition coefficient (Wildman–Crippen LogP) is 1.71. The van der Waals surface area contributed by atoms with Crippen LogP contribution in [0.1, 0.15) is 51.4 Å². The van der Waals surface area contributed by atoms with Gasteiger partial charge in [0.25, 0.3) is 0 Å². The average molecular weight is 344 g/mol. The van der Waals surface area contributed by atoms with Gasteiger partial charge in [-0.2, -0.15) is 0 Å². The van der Waals surface area contributed by atoms with Gasteiger partial charge in [-0.15, -0.1) is 12.4 Å². The number of likely N-dealkylation sites (tertiary alicyclic amines) is 1. The van der Waals surface area contributed by atoms with Gasteiger partial charge in [-0.05, 0) is 38.6 Å². The van der Waals surface area contributed by atoms with Crippen LogP contribution in [-0.4, -0.2) is 48.9 Å². The lowest BCUT2D eigenvalue weighted by molar-refractivity contribution is -0.135. The molecular weight excluding hydrogens is 314 g/mol.